The molecule has 0 atom stereocenters. The van der Waals surface area contributed by atoms with Crippen molar-refractivity contribution < 1.29 is 0 Å². The van der Waals surface area contributed by atoms with Gasteiger partial charge in [-0.05, 0) is 43.0 Å². The number of pyridine rings is 2. The summed E-state index contributed by atoms with van der Waals surface area (Å²) < 4.78 is 0. The molecule has 0 saturated carbocycles. The van der Waals surface area contributed by atoms with Crippen LogP contribution in [-0.4, -0.2) is 54.1 Å². The van der Waals surface area contributed by atoms with Crippen LogP contribution in [0.5, 0.6) is 0 Å². The van der Waals surface area contributed by atoms with Crippen molar-refractivity contribution >= 4 is 22.7 Å². The predicted octanol–water partition coefficient (Wildman–Crippen LogP) is 1.61. The molecule has 0 aromatic carbocycles. The first-order valence-corrected chi connectivity index (χ1v) is 9.04. The van der Waals surface area contributed by atoms with E-state index in [1.54, 1.807) is 0 Å². The maximum atomic E-state index is 5.90. The van der Waals surface area contributed by atoms with Crippen LogP contribution < -0.4 is 16.0 Å². The third kappa shape index (κ3) is 3.30. The van der Waals surface area contributed by atoms with Crippen LogP contribution in [0.2, 0.25) is 0 Å². The Morgan fingerprint density at radius 1 is 1.00 bits per heavy atom. The van der Waals surface area contributed by atoms with Gasteiger partial charge < -0.3 is 16.0 Å². The van der Waals surface area contributed by atoms with Crippen molar-refractivity contribution in [2.45, 2.75) is 25.8 Å². The molecule has 6 nitrogen and oxygen atoms in total. The Morgan fingerprint density at radius 3 is 2.58 bits per heavy atom. The quantitative estimate of drug-likeness (QED) is 0.893. The first kappa shape index (κ1) is 15.6. The van der Waals surface area contributed by atoms with Gasteiger partial charge in [0, 0.05) is 51.2 Å². The Balaban J connectivity index is 1.71. The molecule has 2 aliphatic rings. The molecule has 0 radical (unpaired) electrons. The molecule has 2 aliphatic heterocycles. The van der Waals surface area contributed by atoms with Crippen molar-refractivity contribution in [3.05, 3.63) is 23.8 Å². The molecule has 3 N–H and O–H groups in total. The number of nitrogens with zero attached hydrogens (tertiary/aromatic N) is 4. The van der Waals surface area contributed by atoms with Crippen LogP contribution in [-0.2, 0) is 6.54 Å². The lowest BCUT2D eigenvalue weighted by Crippen LogP contribution is -2.43. The van der Waals surface area contributed by atoms with Crippen LogP contribution >= 0.6 is 0 Å². The van der Waals surface area contributed by atoms with Crippen molar-refractivity contribution in [1.82, 2.24) is 20.2 Å². The predicted molar refractivity (Wildman–Crippen MR) is 98.2 cm³/mol. The number of hydrogen-bond donors (Lipinski definition) is 2. The maximum absolute atomic E-state index is 5.90. The van der Waals surface area contributed by atoms with Crippen LogP contribution in [0.4, 0.5) is 11.6 Å². The molecule has 2 saturated heterocycles. The zero-order valence-electron chi connectivity index (χ0n) is 14.2. The van der Waals surface area contributed by atoms with Gasteiger partial charge in [0.05, 0.1) is 0 Å². The number of hydrogen-bond acceptors (Lipinski definition) is 6. The van der Waals surface area contributed by atoms with Crippen molar-refractivity contribution in [3.8, 4) is 0 Å². The van der Waals surface area contributed by atoms with E-state index in [1.807, 2.05) is 6.07 Å². The summed E-state index contributed by atoms with van der Waals surface area (Å²) in [7, 11) is 0. The van der Waals surface area contributed by atoms with Gasteiger partial charge in [-0.25, -0.2) is 9.97 Å². The van der Waals surface area contributed by atoms with Gasteiger partial charge in [-0.15, -0.1) is 0 Å². The number of piperidine rings is 1. The number of nitrogens with two attached hydrogens (primary N) is 1. The Labute approximate surface area is 143 Å². The van der Waals surface area contributed by atoms with E-state index in [2.05, 4.69) is 32.2 Å². The summed E-state index contributed by atoms with van der Waals surface area (Å²) in [5.41, 5.74) is 8.00. The van der Waals surface area contributed by atoms with E-state index in [1.165, 1.54) is 24.8 Å². The van der Waals surface area contributed by atoms with Gasteiger partial charge in [0.1, 0.15) is 11.6 Å². The standard InChI is InChI=1S/C18H26N6/c19-16-5-4-15-14(13-23-10-6-20-7-11-23)12-17(22-18(15)21-16)24-8-2-1-3-9-24/h4-5,12,20H,1-3,6-11,13H2,(H2,19,21,22). The molecular formula is C18H26N6. The van der Waals surface area contributed by atoms with E-state index >= 15 is 0 Å². The van der Waals surface area contributed by atoms with Crippen LogP contribution in [0.3, 0.4) is 0 Å². The average Bonchev–Trinajstić information content (AvgIpc) is 2.63. The van der Waals surface area contributed by atoms with Crippen LogP contribution in [0.15, 0.2) is 18.2 Å². The summed E-state index contributed by atoms with van der Waals surface area (Å²) in [5.74, 6) is 1.60. The lowest BCUT2D eigenvalue weighted by molar-refractivity contribution is 0.234. The minimum Gasteiger partial charge on any atom is -0.384 e. The normalized spacial score (nSPS) is 19.8. The highest BCUT2D eigenvalue weighted by molar-refractivity contribution is 5.82. The van der Waals surface area contributed by atoms with Gasteiger partial charge in [0.25, 0.3) is 0 Å². The fourth-order valence-corrected chi connectivity index (χ4v) is 3.70. The van der Waals surface area contributed by atoms with E-state index in [-0.39, 0.29) is 0 Å². The summed E-state index contributed by atoms with van der Waals surface area (Å²) in [4.78, 5) is 14.2. The lowest BCUT2D eigenvalue weighted by Gasteiger charge is -2.30. The van der Waals surface area contributed by atoms with Gasteiger partial charge >= 0.3 is 0 Å². The van der Waals surface area contributed by atoms with Gasteiger partial charge in [-0.3, -0.25) is 4.90 Å². The zero-order chi connectivity index (χ0) is 16.4. The van der Waals surface area contributed by atoms with Crippen molar-refractivity contribution in [3.63, 3.8) is 0 Å². The topological polar surface area (TPSA) is 70.3 Å². The summed E-state index contributed by atoms with van der Waals surface area (Å²) >= 11 is 0. The van der Waals surface area contributed by atoms with Crippen LogP contribution in [0.25, 0.3) is 11.0 Å². The molecule has 2 fully saturated rings. The Morgan fingerprint density at radius 2 is 1.79 bits per heavy atom. The molecule has 24 heavy (non-hydrogen) atoms. The third-order valence-electron chi connectivity index (χ3n) is 5.05. The molecule has 128 valence electrons. The van der Waals surface area contributed by atoms with E-state index in [0.717, 1.165) is 62.7 Å². The van der Waals surface area contributed by atoms with E-state index in [4.69, 9.17) is 10.7 Å². The van der Waals surface area contributed by atoms with Crippen molar-refractivity contribution in [1.29, 1.82) is 0 Å². The summed E-state index contributed by atoms with van der Waals surface area (Å²) in [6.07, 6.45) is 3.82. The molecule has 0 unspecified atom stereocenters. The Hall–Kier alpha value is -1.92. The number of nitrogens with one attached hydrogen (secondary N) is 1. The fourth-order valence-electron chi connectivity index (χ4n) is 3.70. The zero-order valence-corrected chi connectivity index (χ0v) is 14.2. The van der Waals surface area contributed by atoms with Gasteiger partial charge in [-0.2, -0.15) is 0 Å². The average molecular weight is 326 g/mol. The second kappa shape index (κ2) is 6.91. The minimum atomic E-state index is 0.541. The number of piperazine rings is 1. The molecule has 0 spiro atoms. The Kier molecular flexibility index (Phi) is 4.49. The molecular weight excluding hydrogens is 300 g/mol. The smallest absolute Gasteiger partial charge is 0.164 e. The number of nitrogen functional groups attached to an aromatic ring is 1. The lowest BCUT2D eigenvalue weighted by atomic mass is 10.1. The van der Waals surface area contributed by atoms with Gasteiger partial charge in [0.15, 0.2) is 5.65 Å². The van der Waals surface area contributed by atoms with Gasteiger partial charge in [0.2, 0.25) is 0 Å². The SMILES string of the molecule is Nc1ccc2c(CN3CCNCC3)cc(N3CCCCC3)nc2n1. The van der Waals surface area contributed by atoms with E-state index in [0.29, 0.717) is 5.82 Å². The van der Waals surface area contributed by atoms with E-state index < -0.39 is 0 Å². The van der Waals surface area contributed by atoms with E-state index in [9.17, 15) is 0 Å². The second-order valence-corrected chi connectivity index (χ2v) is 6.82. The molecule has 0 bridgehead atoms. The highest BCUT2D eigenvalue weighted by atomic mass is 15.2. The monoisotopic (exact) mass is 326 g/mol. The molecule has 0 aliphatic carbocycles. The van der Waals surface area contributed by atoms with Gasteiger partial charge in [-0.1, -0.05) is 0 Å². The maximum Gasteiger partial charge on any atom is 0.164 e. The van der Waals surface area contributed by atoms with Crippen molar-refractivity contribution in [2.75, 3.05) is 49.9 Å². The number of anilines is 2. The van der Waals surface area contributed by atoms with Crippen LogP contribution in [0.1, 0.15) is 24.8 Å². The fraction of sp³-hybridized carbons (Fsp3) is 0.556. The second-order valence-electron chi connectivity index (χ2n) is 6.82. The molecule has 2 aromatic heterocycles. The summed E-state index contributed by atoms with van der Waals surface area (Å²) in [6.45, 7) is 7.44. The first-order chi connectivity index (χ1) is 11.8. The van der Waals surface area contributed by atoms with Crippen molar-refractivity contribution in [2.24, 2.45) is 0 Å². The highest BCUT2D eigenvalue weighted by Crippen LogP contribution is 2.26. The third-order valence-corrected chi connectivity index (χ3v) is 5.05. The molecule has 2 aromatic rings. The number of fused-ring (bicyclic) bond motifs is 1. The first-order valence-electron chi connectivity index (χ1n) is 9.04. The van der Waals surface area contributed by atoms with Crippen LogP contribution in [0, 0.1) is 0 Å². The highest BCUT2D eigenvalue weighted by Gasteiger charge is 2.17. The molecule has 4 rings (SSSR count). The summed E-state index contributed by atoms with van der Waals surface area (Å²) in [5, 5.41) is 4.55. The molecule has 0 amide bonds. The summed E-state index contributed by atoms with van der Waals surface area (Å²) in [6, 6.07) is 6.22. The minimum absolute atomic E-state index is 0.541. The number of rotatable bonds is 3. The molecule has 4 heterocycles. The molecule has 6 heteroatoms. The Bertz CT molecular complexity index is 704. The largest absolute Gasteiger partial charge is 0.384 e. The number of aromatic nitrogens is 2.